The molecule has 0 unspecified atom stereocenters. The zero-order valence-electron chi connectivity index (χ0n) is 5.22. The molecule has 0 amide bonds. The Balaban J connectivity index is 3.90. The van der Waals surface area contributed by atoms with Crippen molar-refractivity contribution in [1.82, 2.24) is 0 Å². The standard InChI is InChI=1S/C5H12N2O/c1-4(2)5(6,7)3-8/h3-4H,6-7H2,1-2H3. The maximum atomic E-state index is 10.0. The second-order valence-electron chi connectivity index (χ2n) is 2.27. The third-order valence-corrected chi connectivity index (χ3v) is 1.20. The van der Waals surface area contributed by atoms with Crippen LogP contribution < -0.4 is 11.5 Å². The van der Waals surface area contributed by atoms with Gasteiger partial charge in [0.25, 0.3) is 0 Å². The minimum absolute atomic E-state index is 0.000000000000000222. The third-order valence-electron chi connectivity index (χ3n) is 1.20. The van der Waals surface area contributed by atoms with Gasteiger partial charge in [-0.3, -0.25) is 4.79 Å². The van der Waals surface area contributed by atoms with Gasteiger partial charge in [0, 0.05) is 0 Å². The monoisotopic (exact) mass is 116 g/mol. The lowest BCUT2D eigenvalue weighted by molar-refractivity contribution is -0.113. The van der Waals surface area contributed by atoms with Crippen molar-refractivity contribution in [2.24, 2.45) is 17.4 Å². The van der Waals surface area contributed by atoms with Gasteiger partial charge >= 0.3 is 0 Å². The smallest absolute Gasteiger partial charge is 0.154 e. The summed E-state index contributed by atoms with van der Waals surface area (Å²) in [5.41, 5.74) is 9.40. The van der Waals surface area contributed by atoms with Crippen LogP contribution in [0, 0.1) is 5.92 Å². The summed E-state index contributed by atoms with van der Waals surface area (Å²) in [6.45, 7) is 3.60. The van der Waals surface area contributed by atoms with E-state index in [1.807, 2.05) is 0 Å². The quantitative estimate of drug-likeness (QED) is 0.376. The van der Waals surface area contributed by atoms with Crippen LogP contribution >= 0.6 is 0 Å². The molecule has 0 heterocycles. The summed E-state index contributed by atoms with van der Waals surface area (Å²) < 4.78 is 0. The minimum Gasteiger partial charge on any atom is -0.307 e. The Kier molecular flexibility index (Phi) is 2.12. The first-order valence-corrected chi connectivity index (χ1v) is 2.55. The van der Waals surface area contributed by atoms with Crippen LogP contribution in [0.25, 0.3) is 0 Å². The van der Waals surface area contributed by atoms with Crippen LogP contribution in [0.5, 0.6) is 0 Å². The first-order valence-electron chi connectivity index (χ1n) is 2.55. The molecule has 0 atom stereocenters. The maximum Gasteiger partial charge on any atom is 0.154 e. The Bertz CT molecular complexity index is 88.4. The van der Waals surface area contributed by atoms with Crippen LogP contribution in [-0.4, -0.2) is 11.9 Å². The van der Waals surface area contributed by atoms with Crippen LogP contribution in [0.1, 0.15) is 13.8 Å². The number of nitrogens with two attached hydrogens (primary N) is 2. The molecule has 3 nitrogen and oxygen atoms in total. The fourth-order valence-corrected chi connectivity index (χ4v) is 0.136. The highest BCUT2D eigenvalue weighted by atomic mass is 16.1. The van der Waals surface area contributed by atoms with E-state index in [1.165, 1.54) is 0 Å². The van der Waals surface area contributed by atoms with E-state index in [4.69, 9.17) is 11.5 Å². The lowest BCUT2D eigenvalue weighted by Gasteiger charge is -2.20. The Morgan fingerprint density at radius 2 is 1.88 bits per heavy atom. The third kappa shape index (κ3) is 1.60. The molecule has 0 aromatic rings. The summed E-state index contributed by atoms with van der Waals surface area (Å²) in [6.07, 6.45) is 0.567. The zero-order valence-corrected chi connectivity index (χ0v) is 5.22. The number of hydrogen-bond donors (Lipinski definition) is 2. The molecule has 0 saturated carbocycles. The van der Waals surface area contributed by atoms with E-state index in [-0.39, 0.29) is 5.92 Å². The average molecular weight is 116 g/mol. The van der Waals surface area contributed by atoms with E-state index in [0.717, 1.165) is 0 Å². The van der Waals surface area contributed by atoms with Crippen molar-refractivity contribution >= 4 is 6.29 Å². The van der Waals surface area contributed by atoms with E-state index in [1.54, 1.807) is 13.8 Å². The van der Waals surface area contributed by atoms with Crippen molar-refractivity contribution in [2.75, 3.05) is 0 Å². The Labute approximate surface area is 49.0 Å². The van der Waals surface area contributed by atoms with Gasteiger partial charge in [0.1, 0.15) is 5.66 Å². The van der Waals surface area contributed by atoms with Crippen LogP contribution in [0.4, 0.5) is 0 Å². The molecule has 4 N–H and O–H groups in total. The average Bonchev–Trinajstić information content (AvgIpc) is 1.67. The number of carbonyl (C=O) groups excluding carboxylic acids is 1. The first-order chi connectivity index (χ1) is 3.50. The van der Waals surface area contributed by atoms with E-state index in [9.17, 15) is 4.79 Å². The molecule has 0 bridgehead atoms. The van der Waals surface area contributed by atoms with Gasteiger partial charge in [0.2, 0.25) is 0 Å². The Morgan fingerprint density at radius 3 is 1.88 bits per heavy atom. The first kappa shape index (κ1) is 7.59. The Morgan fingerprint density at radius 1 is 1.50 bits per heavy atom. The molecule has 8 heavy (non-hydrogen) atoms. The molecule has 0 aliphatic rings. The van der Waals surface area contributed by atoms with Crippen molar-refractivity contribution in [2.45, 2.75) is 19.5 Å². The van der Waals surface area contributed by atoms with Crippen LogP contribution in [0.15, 0.2) is 0 Å². The molecule has 0 spiro atoms. The van der Waals surface area contributed by atoms with Gasteiger partial charge in [-0.15, -0.1) is 0 Å². The van der Waals surface area contributed by atoms with Gasteiger partial charge in [-0.2, -0.15) is 0 Å². The summed E-state index contributed by atoms with van der Waals surface area (Å²) in [6, 6.07) is 0. The fourth-order valence-electron chi connectivity index (χ4n) is 0.136. The van der Waals surface area contributed by atoms with Gasteiger partial charge in [-0.1, -0.05) is 13.8 Å². The summed E-state index contributed by atoms with van der Waals surface area (Å²) >= 11 is 0. The summed E-state index contributed by atoms with van der Waals surface area (Å²) in [5, 5.41) is 0. The fraction of sp³-hybridized carbons (Fsp3) is 0.800. The van der Waals surface area contributed by atoms with Crippen molar-refractivity contribution in [3.05, 3.63) is 0 Å². The van der Waals surface area contributed by atoms with Crippen LogP contribution in [0.3, 0.4) is 0 Å². The number of rotatable bonds is 2. The molecule has 0 aliphatic carbocycles. The summed E-state index contributed by atoms with van der Waals surface area (Å²) in [4.78, 5) is 10.0. The number of carbonyl (C=O) groups is 1. The number of hydrogen-bond acceptors (Lipinski definition) is 3. The van der Waals surface area contributed by atoms with Gasteiger partial charge in [-0.05, 0) is 5.92 Å². The minimum atomic E-state index is -1.14. The number of aldehydes is 1. The molecular weight excluding hydrogens is 104 g/mol. The lowest BCUT2D eigenvalue weighted by Crippen LogP contribution is -2.55. The maximum absolute atomic E-state index is 10.0. The predicted molar refractivity (Wildman–Crippen MR) is 32.0 cm³/mol. The predicted octanol–water partition coefficient (Wildman–Crippen LogP) is -0.545. The van der Waals surface area contributed by atoms with Crippen molar-refractivity contribution < 1.29 is 4.79 Å². The second-order valence-corrected chi connectivity index (χ2v) is 2.27. The van der Waals surface area contributed by atoms with Gasteiger partial charge < -0.3 is 11.5 Å². The molecule has 0 fully saturated rings. The largest absolute Gasteiger partial charge is 0.307 e. The molecular formula is C5H12N2O. The summed E-state index contributed by atoms with van der Waals surface area (Å²) in [5.74, 6) is -0.000000000000000222. The van der Waals surface area contributed by atoms with Crippen molar-refractivity contribution in [1.29, 1.82) is 0 Å². The molecule has 0 aromatic heterocycles. The normalized spacial score (nSPS) is 12.1. The highest BCUT2D eigenvalue weighted by Crippen LogP contribution is 2.01. The SMILES string of the molecule is CC(C)C(N)(N)C=O. The van der Waals surface area contributed by atoms with E-state index < -0.39 is 5.66 Å². The van der Waals surface area contributed by atoms with Crippen LogP contribution in [0.2, 0.25) is 0 Å². The molecule has 0 aliphatic heterocycles. The van der Waals surface area contributed by atoms with Gasteiger partial charge in [-0.25, -0.2) is 0 Å². The molecule has 0 rings (SSSR count). The van der Waals surface area contributed by atoms with Crippen LogP contribution in [-0.2, 0) is 4.79 Å². The van der Waals surface area contributed by atoms with Crippen molar-refractivity contribution in [3.8, 4) is 0 Å². The molecule has 0 saturated heterocycles. The second kappa shape index (κ2) is 2.24. The molecule has 48 valence electrons. The summed E-state index contributed by atoms with van der Waals surface area (Å²) in [7, 11) is 0. The highest BCUT2D eigenvalue weighted by Gasteiger charge is 2.21. The van der Waals surface area contributed by atoms with E-state index >= 15 is 0 Å². The van der Waals surface area contributed by atoms with Gasteiger partial charge in [0.15, 0.2) is 6.29 Å². The lowest BCUT2D eigenvalue weighted by atomic mass is 10.0. The highest BCUT2D eigenvalue weighted by molar-refractivity contribution is 5.62. The topological polar surface area (TPSA) is 69.1 Å². The van der Waals surface area contributed by atoms with E-state index in [0.29, 0.717) is 6.29 Å². The van der Waals surface area contributed by atoms with Crippen molar-refractivity contribution in [3.63, 3.8) is 0 Å². The van der Waals surface area contributed by atoms with E-state index in [2.05, 4.69) is 0 Å². The Hall–Kier alpha value is -0.410. The van der Waals surface area contributed by atoms with Gasteiger partial charge in [0.05, 0.1) is 0 Å². The zero-order chi connectivity index (χ0) is 6.78. The molecule has 0 aromatic carbocycles. The molecule has 0 radical (unpaired) electrons. The molecule has 3 heteroatoms.